The average Bonchev–Trinajstić information content (AvgIpc) is 2.24. The second-order valence-corrected chi connectivity index (χ2v) is 5.91. The number of nitrogens with zero attached hydrogens (tertiary/aromatic N) is 3. The van der Waals surface area contributed by atoms with Gasteiger partial charge in [-0.2, -0.15) is 13.2 Å². The summed E-state index contributed by atoms with van der Waals surface area (Å²) in [6.45, 7) is 9.23. The van der Waals surface area contributed by atoms with Gasteiger partial charge in [0.15, 0.2) is 5.69 Å². The third-order valence-corrected chi connectivity index (χ3v) is 2.64. The summed E-state index contributed by atoms with van der Waals surface area (Å²) in [7, 11) is 0. The largest absolute Gasteiger partial charge is 0.433 e. The number of anilines is 1. The van der Waals surface area contributed by atoms with Gasteiger partial charge >= 0.3 is 6.18 Å². The van der Waals surface area contributed by atoms with Gasteiger partial charge in [-0.1, -0.05) is 27.7 Å². The van der Waals surface area contributed by atoms with Crippen molar-refractivity contribution in [2.75, 3.05) is 18.0 Å². The topological polar surface area (TPSA) is 29.0 Å². The van der Waals surface area contributed by atoms with Gasteiger partial charge in [-0.3, -0.25) is 0 Å². The highest BCUT2D eigenvalue weighted by Crippen LogP contribution is 2.30. The highest BCUT2D eigenvalue weighted by molar-refractivity contribution is 6.28. The Labute approximate surface area is 122 Å². The second-order valence-electron chi connectivity index (χ2n) is 5.57. The molecule has 1 rings (SSSR count). The highest BCUT2D eigenvalue weighted by atomic mass is 35.5. The Balaban J connectivity index is 3.15. The van der Waals surface area contributed by atoms with Crippen molar-refractivity contribution in [1.82, 2.24) is 9.97 Å². The van der Waals surface area contributed by atoms with Crippen LogP contribution in [0.25, 0.3) is 0 Å². The van der Waals surface area contributed by atoms with Gasteiger partial charge in [0.1, 0.15) is 5.82 Å². The fourth-order valence-corrected chi connectivity index (χ4v) is 2.03. The van der Waals surface area contributed by atoms with Crippen molar-refractivity contribution in [2.45, 2.75) is 33.9 Å². The fraction of sp³-hybridized carbons (Fsp3) is 0.692. The molecule has 1 aromatic rings. The van der Waals surface area contributed by atoms with Crippen LogP contribution in [0.1, 0.15) is 33.4 Å². The summed E-state index contributed by atoms with van der Waals surface area (Å²) in [5.41, 5.74) is -1.01. The van der Waals surface area contributed by atoms with E-state index >= 15 is 0 Å². The molecule has 1 heterocycles. The summed E-state index contributed by atoms with van der Waals surface area (Å²) in [6.07, 6.45) is -4.53. The van der Waals surface area contributed by atoms with E-state index in [0.29, 0.717) is 24.9 Å². The number of rotatable bonds is 5. The van der Waals surface area contributed by atoms with Crippen molar-refractivity contribution >= 4 is 17.4 Å². The molecule has 0 amide bonds. The van der Waals surface area contributed by atoms with Crippen molar-refractivity contribution in [3.63, 3.8) is 0 Å². The maximum atomic E-state index is 12.8. The molecule has 0 atom stereocenters. The lowest BCUT2D eigenvalue weighted by atomic mass is 10.1. The molecule has 0 aliphatic rings. The van der Waals surface area contributed by atoms with Crippen molar-refractivity contribution in [3.8, 4) is 0 Å². The van der Waals surface area contributed by atoms with Crippen LogP contribution in [0.15, 0.2) is 6.07 Å². The van der Waals surface area contributed by atoms with Gasteiger partial charge in [-0.15, -0.1) is 0 Å². The lowest BCUT2D eigenvalue weighted by Gasteiger charge is -2.27. The normalized spacial score (nSPS) is 12.3. The zero-order valence-corrected chi connectivity index (χ0v) is 12.8. The Bertz CT molecular complexity index is 437. The number of alkyl halides is 3. The zero-order chi connectivity index (χ0) is 15.5. The molecule has 20 heavy (non-hydrogen) atoms. The molecule has 0 aliphatic heterocycles. The Morgan fingerprint density at radius 1 is 1.10 bits per heavy atom. The number of hydrogen-bond acceptors (Lipinski definition) is 3. The molecule has 7 heteroatoms. The summed E-state index contributed by atoms with van der Waals surface area (Å²) in [4.78, 5) is 9.00. The van der Waals surface area contributed by atoms with Crippen LogP contribution in [0.5, 0.6) is 0 Å². The smallest absolute Gasteiger partial charge is 0.356 e. The van der Waals surface area contributed by atoms with E-state index in [1.165, 1.54) is 0 Å². The van der Waals surface area contributed by atoms with Crippen LogP contribution in [-0.4, -0.2) is 23.1 Å². The van der Waals surface area contributed by atoms with Crippen molar-refractivity contribution in [1.29, 1.82) is 0 Å². The predicted octanol–water partition coefficient (Wildman–Crippen LogP) is 4.27. The van der Waals surface area contributed by atoms with E-state index in [1.54, 1.807) is 0 Å². The second kappa shape index (κ2) is 6.61. The summed E-state index contributed by atoms with van der Waals surface area (Å²) < 4.78 is 38.3. The van der Waals surface area contributed by atoms with Gasteiger partial charge < -0.3 is 4.90 Å². The molecule has 0 N–H and O–H groups in total. The van der Waals surface area contributed by atoms with Gasteiger partial charge in [-0.25, -0.2) is 9.97 Å². The van der Waals surface area contributed by atoms with Crippen LogP contribution < -0.4 is 4.90 Å². The molecule has 0 fully saturated rings. The fourth-order valence-electron chi connectivity index (χ4n) is 1.86. The van der Waals surface area contributed by atoms with E-state index in [-0.39, 0.29) is 11.1 Å². The van der Waals surface area contributed by atoms with Crippen LogP contribution >= 0.6 is 11.6 Å². The Morgan fingerprint density at radius 2 is 1.60 bits per heavy atom. The summed E-state index contributed by atoms with van der Waals surface area (Å²) in [5, 5.41) is -0.382. The minimum atomic E-state index is -4.53. The first-order valence-electron chi connectivity index (χ1n) is 6.46. The first-order chi connectivity index (χ1) is 9.09. The Hall–Kier alpha value is -1.04. The number of aromatic nitrogens is 2. The minimum absolute atomic E-state index is 0.222. The average molecular weight is 310 g/mol. The van der Waals surface area contributed by atoms with Gasteiger partial charge in [0, 0.05) is 19.2 Å². The quantitative estimate of drug-likeness (QED) is 0.761. The van der Waals surface area contributed by atoms with E-state index in [4.69, 9.17) is 11.6 Å². The van der Waals surface area contributed by atoms with Gasteiger partial charge in [0.2, 0.25) is 5.28 Å². The Morgan fingerprint density at radius 3 is 2.00 bits per heavy atom. The van der Waals surface area contributed by atoms with Crippen LogP contribution in [0, 0.1) is 11.8 Å². The lowest BCUT2D eigenvalue weighted by Crippen LogP contribution is -2.32. The van der Waals surface area contributed by atoms with Gasteiger partial charge in [-0.05, 0) is 23.4 Å². The third-order valence-electron chi connectivity index (χ3n) is 2.47. The maximum Gasteiger partial charge on any atom is 0.433 e. The SMILES string of the molecule is CC(C)CN(CC(C)C)c1cc(C(F)(F)F)nc(Cl)n1. The van der Waals surface area contributed by atoms with E-state index < -0.39 is 11.9 Å². The maximum absolute atomic E-state index is 12.8. The van der Waals surface area contributed by atoms with E-state index in [1.807, 2.05) is 32.6 Å². The molecular weight excluding hydrogens is 291 g/mol. The third kappa shape index (κ3) is 5.15. The van der Waals surface area contributed by atoms with Crippen LogP contribution in [0.2, 0.25) is 5.28 Å². The molecule has 0 bridgehead atoms. The summed E-state index contributed by atoms with van der Waals surface area (Å²) in [6, 6.07) is 0.955. The predicted molar refractivity (Wildman–Crippen MR) is 73.9 cm³/mol. The number of halogens is 4. The van der Waals surface area contributed by atoms with E-state index in [9.17, 15) is 13.2 Å². The van der Waals surface area contributed by atoms with Crippen molar-refractivity contribution in [3.05, 3.63) is 17.0 Å². The number of hydrogen-bond donors (Lipinski definition) is 0. The monoisotopic (exact) mass is 309 g/mol. The molecule has 0 unspecified atom stereocenters. The molecule has 0 spiro atoms. The van der Waals surface area contributed by atoms with Crippen molar-refractivity contribution in [2.24, 2.45) is 11.8 Å². The van der Waals surface area contributed by atoms with E-state index in [0.717, 1.165) is 6.07 Å². The van der Waals surface area contributed by atoms with E-state index in [2.05, 4.69) is 9.97 Å². The molecule has 114 valence electrons. The molecular formula is C13H19ClF3N3. The first-order valence-corrected chi connectivity index (χ1v) is 6.84. The molecule has 0 saturated heterocycles. The Kier molecular flexibility index (Phi) is 5.62. The summed E-state index contributed by atoms with van der Waals surface area (Å²) >= 11 is 5.62. The minimum Gasteiger partial charge on any atom is -0.356 e. The molecule has 0 aromatic carbocycles. The highest BCUT2D eigenvalue weighted by Gasteiger charge is 2.34. The van der Waals surface area contributed by atoms with Crippen LogP contribution in [0.3, 0.4) is 0 Å². The van der Waals surface area contributed by atoms with Crippen LogP contribution in [0.4, 0.5) is 19.0 Å². The molecule has 1 aromatic heterocycles. The molecule has 0 saturated carbocycles. The van der Waals surface area contributed by atoms with Crippen molar-refractivity contribution < 1.29 is 13.2 Å². The molecule has 0 aliphatic carbocycles. The molecule has 3 nitrogen and oxygen atoms in total. The standard InChI is InChI=1S/C13H19ClF3N3/c1-8(2)6-20(7-9(3)4)11-5-10(13(15,16)17)18-12(14)19-11/h5,8-9H,6-7H2,1-4H3. The van der Waals surface area contributed by atoms with Gasteiger partial charge in [0.05, 0.1) is 0 Å². The van der Waals surface area contributed by atoms with Gasteiger partial charge in [0.25, 0.3) is 0 Å². The lowest BCUT2D eigenvalue weighted by molar-refractivity contribution is -0.141. The first kappa shape index (κ1) is 17.0. The summed E-state index contributed by atoms with van der Waals surface area (Å²) in [5.74, 6) is 0.827. The molecule has 0 radical (unpaired) electrons. The zero-order valence-electron chi connectivity index (χ0n) is 12.0. The van der Waals surface area contributed by atoms with Crippen LogP contribution in [-0.2, 0) is 6.18 Å².